The Balaban J connectivity index is 1.49. The van der Waals surface area contributed by atoms with Crippen LogP contribution in [0.15, 0.2) is 48.4 Å². The van der Waals surface area contributed by atoms with Crippen molar-refractivity contribution in [3.05, 3.63) is 53.9 Å². The second kappa shape index (κ2) is 9.77. The van der Waals surface area contributed by atoms with Crippen LogP contribution in [0.1, 0.15) is 37.6 Å². The molecule has 0 spiro atoms. The standard InChI is InChI=1S/C25H30N4O3SSi/c1-25(2,3)34(4,5)32-11-7-10-31-21-13-19-17(8-6-9-27-19)12-20(21)29-24(30)18-15-33-22-14-26-16-28-23(18)22/h6,8-9,12-16H,7,10-11H2,1-5H3,(H,29,30). The zero-order chi connectivity index (χ0) is 24.3. The Morgan fingerprint density at radius 3 is 2.79 bits per heavy atom. The largest absolute Gasteiger partial charge is 0.491 e. The maximum atomic E-state index is 13.1. The van der Waals surface area contributed by atoms with E-state index in [0.29, 0.717) is 35.7 Å². The van der Waals surface area contributed by atoms with Crippen LogP contribution in [-0.2, 0) is 4.43 Å². The first-order chi connectivity index (χ1) is 16.2. The molecule has 0 aliphatic rings. The maximum absolute atomic E-state index is 13.1. The first-order valence-corrected chi connectivity index (χ1v) is 15.1. The molecule has 9 heteroatoms. The zero-order valence-electron chi connectivity index (χ0n) is 20.2. The van der Waals surface area contributed by atoms with Crippen LogP contribution in [0.2, 0.25) is 18.1 Å². The number of rotatable bonds is 8. The van der Waals surface area contributed by atoms with Crippen LogP contribution in [0.25, 0.3) is 21.1 Å². The Labute approximate surface area is 204 Å². The van der Waals surface area contributed by atoms with Crippen molar-refractivity contribution in [2.24, 2.45) is 0 Å². The number of hydrogen-bond acceptors (Lipinski definition) is 7. The number of hydrogen-bond donors (Lipinski definition) is 1. The van der Waals surface area contributed by atoms with Gasteiger partial charge in [0.1, 0.15) is 12.1 Å². The molecule has 34 heavy (non-hydrogen) atoms. The monoisotopic (exact) mass is 494 g/mol. The highest BCUT2D eigenvalue weighted by Gasteiger charge is 2.36. The minimum atomic E-state index is -1.79. The molecule has 0 saturated heterocycles. The molecule has 3 heterocycles. The number of pyridine rings is 1. The van der Waals surface area contributed by atoms with E-state index in [2.05, 4.69) is 54.1 Å². The number of thiophene rings is 1. The highest BCUT2D eigenvalue weighted by atomic mass is 32.1. The average molecular weight is 495 g/mol. The summed E-state index contributed by atoms with van der Waals surface area (Å²) in [4.78, 5) is 25.8. The van der Waals surface area contributed by atoms with Crippen molar-refractivity contribution < 1.29 is 14.0 Å². The van der Waals surface area contributed by atoms with E-state index in [9.17, 15) is 4.79 Å². The van der Waals surface area contributed by atoms with Gasteiger partial charge in [-0.05, 0) is 30.3 Å². The van der Waals surface area contributed by atoms with Crippen LogP contribution in [0.4, 0.5) is 5.69 Å². The van der Waals surface area contributed by atoms with Crippen LogP contribution < -0.4 is 10.1 Å². The van der Waals surface area contributed by atoms with Crippen molar-refractivity contribution in [2.75, 3.05) is 18.5 Å². The summed E-state index contributed by atoms with van der Waals surface area (Å²) in [6, 6.07) is 7.59. The van der Waals surface area contributed by atoms with E-state index < -0.39 is 8.32 Å². The van der Waals surface area contributed by atoms with Crippen LogP contribution in [0, 0.1) is 0 Å². The van der Waals surface area contributed by atoms with Gasteiger partial charge in [0.2, 0.25) is 0 Å². The Bertz CT molecular complexity index is 1320. The normalized spacial score (nSPS) is 12.3. The molecule has 178 valence electrons. The molecule has 1 N–H and O–H groups in total. The predicted molar refractivity (Wildman–Crippen MR) is 140 cm³/mol. The van der Waals surface area contributed by atoms with E-state index in [0.717, 1.165) is 22.0 Å². The lowest BCUT2D eigenvalue weighted by atomic mass is 10.1. The van der Waals surface area contributed by atoms with Gasteiger partial charge in [-0.25, -0.2) is 9.97 Å². The number of benzene rings is 1. The summed E-state index contributed by atoms with van der Waals surface area (Å²) in [5.74, 6) is 0.348. The van der Waals surface area contributed by atoms with Crippen molar-refractivity contribution in [2.45, 2.75) is 45.3 Å². The highest BCUT2D eigenvalue weighted by Crippen LogP contribution is 2.36. The van der Waals surface area contributed by atoms with Crippen LogP contribution in [-0.4, -0.2) is 42.4 Å². The Morgan fingerprint density at radius 2 is 2.00 bits per heavy atom. The first kappa shape index (κ1) is 24.2. The summed E-state index contributed by atoms with van der Waals surface area (Å²) in [5.41, 5.74) is 2.57. The SMILES string of the molecule is CC(C)(C)[Si](C)(C)OCCCOc1cc2ncccc2cc1NC(=O)c1csc2cncnc12. The molecule has 0 aliphatic heterocycles. The van der Waals surface area contributed by atoms with Crippen molar-refractivity contribution >= 4 is 52.4 Å². The van der Waals surface area contributed by atoms with Crippen LogP contribution in [0.5, 0.6) is 5.75 Å². The lowest BCUT2D eigenvalue weighted by molar-refractivity contribution is 0.102. The number of aromatic nitrogens is 3. The Hall–Kier alpha value is -2.88. The molecule has 0 radical (unpaired) electrons. The molecule has 0 bridgehead atoms. The summed E-state index contributed by atoms with van der Waals surface area (Å²) in [6.07, 6.45) is 5.67. The molecule has 4 rings (SSSR count). The maximum Gasteiger partial charge on any atom is 0.258 e. The van der Waals surface area contributed by atoms with Crippen molar-refractivity contribution in [3.63, 3.8) is 0 Å². The molecular weight excluding hydrogens is 464 g/mol. The van der Waals surface area contributed by atoms with Crippen molar-refractivity contribution in [1.82, 2.24) is 15.0 Å². The van der Waals surface area contributed by atoms with Crippen LogP contribution in [0.3, 0.4) is 0 Å². The van der Waals surface area contributed by atoms with Gasteiger partial charge in [-0.1, -0.05) is 26.8 Å². The van der Waals surface area contributed by atoms with E-state index in [4.69, 9.17) is 9.16 Å². The third-order valence-electron chi connectivity index (χ3n) is 6.25. The lowest BCUT2D eigenvalue weighted by Crippen LogP contribution is -2.41. The topological polar surface area (TPSA) is 86.2 Å². The summed E-state index contributed by atoms with van der Waals surface area (Å²) >= 11 is 1.44. The average Bonchev–Trinajstić information content (AvgIpc) is 3.22. The first-order valence-electron chi connectivity index (χ1n) is 11.3. The zero-order valence-corrected chi connectivity index (χ0v) is 22.0. The molecule has 0 saturated carbocycles. The number of amides is 1. The van der Waals surface area contributed by atoms with Gasteiger partial charge in [0.25, 0.3) is 5.91 Å². The van der Waals surface area contributed by atoms with Gasteiger partial charge in [0, 0.05) is 42.3 Å². The summed E-state index contributed by atoms with van der Waals surface area (Å²) in [6.45, 7) is 12.3. The van der Waals surface area contributed by atoms with Gasteiger partial charge < -0.3 is 14.5 Å². The molecule has 1 amide bonds. The second-order valence-electron chi connectivity index (χ2n) is 9.69. The highest BCUT2D eigenvalue weighted by molar-refractivity contribution is 7.17. The van der Waals surface area contributed by atoms with Crippen molar-refractivity contribution in [1.29, 1.82) is 0 Å². The number of ether oxygens (including phenoxy) is 1. The number of nitrogens with zero attached hydrogens (tertiary/aromatic N) is 3. The van der Waals surface area contributed by atoms with E-state index in [-0.39, 0.29) is 10.9 Å². The second-order valence-corrected chi connectivity index (χ2v) is 15.4. The van der Waals surface area contributed by atoms with E-state index in [1.807, 2.05) is 24.3 Å². The summed E-state index contributed by atoms with van der Waals surface area (Å²) in [5, 5.41) is 5.91. The molecule has 0 aliphatic carbocycles. The summed E-state index contributed by atoms with van der Waals surface area (Å²) < 4.78 is 13.2. The Morgan fingerprint density at radius 1 is 1.18 bits per heavy atom. The molecule has 0 unspecified atom stereocenters. The molecule has 3 aromatic heterocycles. The van der Waals surface area contributed by atoms with E-state index >= 15 is 0 Å². The fourth-order valence-corrected chi connectivity index (χ4v) is 5.18. The Kier molecular flexibility index (Phi) is 6.97. The van der Waals surface area contributed by atoms with Crippen molar-refractivity contribution in [3.8, 4) is 5.75 Å². The molecule has 4 aromatic rings. The van der Waals surface area contributed by atoms with Gasteiger partial charge in [0.05, 0.1) is 33.6 Å². The third-order valence-corrected chi connectivity index (χ3v) is 11.7. The molecular formula is C25H30N4O3SSi. The molecule has 0 fully saturated rings. The third kappa shape index (κ3) is 5.27. The smallest absolute Gasteiger partial charge is 0.258 e. The quantitative estimate of drug-likeness (QED) is 0.229. The lowest BCUT2D eigenvalue weighted by Gasteiger charge is -2.36. The van der Waals surface area contributed by atoms with E-state index in [1.54, 1.807) is 17.8 Å². The fourth-order valence-electron chi connectivity index (χ4n) is 3.24. The number of nitrogens with one attached hydrogen (secondary N) is 1. The molecule has 0 atom stereocenters. The van der Waals surface area contributed by atoms with Crippen LogP contribution >= 0.6 is 11.3 Å². The minimum absolute atomic E-state index is 0.173. The number of anilines is 1. The number of carbonyl (C=O) groups excluding carboxylic acids is 1. The van der Waals surface area contributed by atoms with Gasteiger partial charge >= 0.3 is 0 Å². The number of fused-ring (bicyclic) bond motifs is 2. The van der Waals surface area contributed by atoms with Gasteiger partial charge in [0.15, 0.2) is 8.32 Å². The van der Waals surface area contributed by atoms with E-state index in [1.165, 1.54) is 17.7 Å². The predicted octanol–water partition coefficient (Wildman–Crippen LogP) is 6.28. The number of carbonyl (C=O) groups is 1. The van der Waals surface area contributed by atoms with Gasteiger partial charge in [-0.3, -0.25) is 9.78 Å². The minimum Gasteiger partial charge on any atom is -0.491 e. The molecule has 7 nitrogen and oxygen atoms in total. The summed E-state index contributed by atoms with van der Waals surface area (Å²) in [7, 11) is -1.79. The fraction of sp³-hybridized carbons (Fsp3) is 0.360. The van der Waals surface area contributed by atoms with Gasteiger partial charge in [-0.15, -0.1) is 11.3 Å². The molecule has 1 aromatic carbocycles. The van der Waals surface area contributed by atoms with Gasteiger partial charge in [-0.2, -0.15) is 0 Å².